The Bertz CT molecular complexity index is 283. The first-order chi connectivity index (χ1) is 6.90. The van der Waals surface area contributed by atoms with Gasteiger partial charge in [0.05, 0.1) is 18.6 Å². The second-order valence-corrected chi connectivity index (χ2v) is 3.47. The van der Waals surface area contributed by atoms with E-state index >= 15 is 0 Å². The summed E-state index contributed by atoms with van der Waals surface area (Å²) in [6.45, 7) is 2.38. The average molecular weight is 214 g/mol. The van der Waals surface area contributed by atoms with E-state index in [9.17, 15) is 0 Å². The minimum Gasteiger partial charge on any atom is -0.373 e. The first kappa shape index (κ1) is 9.68. The zero-order valence-electron chi connectivity index (χ0n) is 7.77. The predicted molar refractivity (Wildman–Crippen MR) is 54.7 cm³/mol. The molecule has 0 aromatic carbocycles. The highest BCUT2D eigenvalue weighted by Crippen LogP contribution is 2.14. The zero-order valence-corrected chi connectivity index (χ0v) is 8.52. The van der Waals surface area contributed by atoms with Crippen molar-refractivity contribution in [2.45, 2.75) is 6.10 Å². The first-order valence-corrected chi connectivity index (χ1v) is 5.12. The summed E-state index contributed by atoms with van der Waals surface area (Å²) in [5.41, 5.74) is 0. The van der Waals surface area contributed by atoms with E-state index in [4.69, 9.17) is 16.3 Å². The maximum absolute atomic E-state index is 5.75. The fourth-order valence-corrected chi connectivity index (χ4v) is 1.68. The SMILES string of the molecule is ClCC1CN(c2ccncn2)CCO1. The van der Waals surface area contributed by atoms with Gasteiger partial charge in [0, 0.05) is 19.3 Å². The van der Waals surface area contributed by atoms with Crippen molar-refractivity contribution in [1.29, 1.82) is 0 Å². The lowest BCUT2D eigenvalue weighted by Gasteiger charge is -2.32. The first-order valence-electron chi connectivity index (χ1n) is 4.58. The van der Waals surface area contributed by atoms with E-state index in [0.29, 0.717) is 12.5 Å². The van der Waals surface area contributed by atoms with Crippen molar-refractivity contribution in [3.63, 3.8) is 0 Å². The number of hydrogen-bond donors (Lipinski definition) is 0. The summed E-state index contributed by atoms with van der Waals surface area (Å²) in [7, 11) is 0. The highest BCUT2D eigenvalue weighted by Gasteiger charge is 2.20. The lowest BCUT2D eigenvalue weighted by molar-refractivity contribution is 0.0551. The van der Waals surface area contributed by atoms with E-state index in [-0.39, 0.29) is 6.10 Å². The minimum atomic E-state index is 0.111. The maximum atomic E-state index is 5.75. The van der Waals surface area contributed by atoms with Gasteiger partial charge in [0.2, 0.25) is 0 Å². The van der Waals surface area contributed by atoms with Gasteiger partial charge in [-0.3, -0.25) is 0 Å². The molecule has 14 heavy (non-hydrogen) atoms. The molecule has 0 radical (unpaired) electrons. The van der Waals surface area contributed by atoms with Crippen LogP contribution in [0.3, 0.4) is 0 Å². The highest BCUT2D eigenvalue weighted by atomic mass is 35.5. The largest absolute Gasteiger partial charge is 0.373 e. The quantitative estimate of drug-likeness (QED) is 0.685. The molecule has 0 spiro atoms. The molecule has 0 saturated carbocycles. The molecule has 0 bridgehead atoms. The van der Waals surface area contributed by atoms with E-state index < -0.39 is 0 Å². The summed E-state index contributed by atoms with van der Waals surface area (Å²) in [6.07, 6.45) is 3.41. The Kier molecular flexibility index (Phi) is 3.16. The molecule has 1 fully saturated rings. The lowest BCUT2D eigenvalue weighted by Crippen LogP contribution is -2.43. The minimum absolute atomic E-state index is 0.111. The van der Waals surface area contributed by atoms with Crippen LogP contribution in [0.1, 0.15) is 0 Å². The van der Waals surface area contributed by atoms with Crippen molar-refractivity contribution in [2.75, 3.05) is 30.5 Å². The molecule has 1 aliphatic heterocycles. The van der Waals surface area contributed by atoms with Crippen molar-refractivity contribution >= 4 is 17.4 Å². The molecule has 4 nitrogen and oxygen atoms in total. The van der Waals surface area contributed by atoms with Crippen molar-refractivity contribution in [1.82, 2.24) is 9.97 Å². The molecule has 1 atom stereocenters. The Hall–Kier alpha value is -0.870. The average Bonchev–Trinajstić information content (AvgIpc) is 2.30. The normalized spacial score (nSPS) is 22.4. The van der Waals surface area contributed by atoms with Gasteiger partial charge in [-0.05, 0) is 6.07 Å². The van der Waals surface area contributed by atoms with Crippen LogP contribution >= 0.6 is 11.6 Å². The van der Waals surface area contributed by atoms with Crippen LogP contribution in [0, 0.1) is 0 Å². The summed E-state index contributed by atoms with van der Waals surface area (Å²) in [5.74, 6) is 1.47. The Morgan fingerprint density at radius 2 is 2.57 bits per heavy atom. The molecule has 5 heteroatoms. The molecule has 0 amide bonds. The number of alkyl halides is 1. The molecule has 2 heterocycles. The number of halogens is 1. The van der Waals surface area contributed by atoms with Crippen LogP contribution in [0.2, 0.25) is 0 Å². The monoisotopic (exact) mass is 213 g/mol. The van der Waals surface area contributed by atoms with Crippen LogP contribution in [-0.4, -0.2) is 41.6 Å². The molecule has 1 aromatic heterocycles. The molecular formula is C9H12ClN3O. The fourth-order valence-electron chi connectivity index (χ4n) is 1.49. The van der Waals surface area contributed by atoms with Crippen LogP contribution in [0.4, 0.5) is 5.82 Å². The summed E-state index contributed by atoms with van der Waals surface area (Å²) < 4.78 is 5.46. The second kappa shape index (κ2) is 4.57. The number of ether oxygens (including phenoxy) is 1. The van der Waals surface area contributed by atoms with Crippen LogP contribution in [0.5, 0.6) is 0 Å². The molecule has 1 unspecified atom stereocenters. The van der Waals surface area contributed by atoms with E-state index in [1.807, 2.05) is 6.07 Å². The molecule has 1 saturated heterocycles. The second-order valence-electron chi connectivity index (χ2n) is 3.16. The highest BCUT2D eigenvalue weighted by molar-refractivity contribution is 6.18. The lowest BCUT2D eigenvalue weighted by atomic mass is 10.3. The van der Waals surface area contributed by atoms with Gasteiger partial charge in [-0.2, -0.15) is 0 Å². The Balaban J connectivity index is 2.04. The van der Waals surface area contributed by atoms with Gasteiger partial charge in [0.1, 0.15) is 12.1 Å². The van der Waals surface area contributed by atoms with Crippen molar-refractivity contribution in [2.24, 2.45) is 0 Å². The molecule has 1 aromatic rings. The van der Waals surface area contributed by atoms with Gasteiger partial charge in [-0.25, -0.2) is 9.97 Å². The van der Waals surface area contributed by atoms with Gasteiger partial charge in [0.15, 0.2) is 0 Å². The third-order valence-electron chi connectivity index (χ3n) is 2.20. The van der Waals surface area contributed by atoms with Crippen molar-refractivity contribution < 1.29 is 4.74 Å². The summed E-state index contributed by atoms with van der Waals surface area (Å²) >= 11 is 5.75. The van der Waals surface area contributed by atoms with Gasteiger partial charge in [0.25, 0.3) is 0 Å². The van der Waals surface area contributed by atoms with Gasteiger partial charge < -0.3 is 9.64 Å². The number of aromatic nitrogens is 2. The van der Waals surface area contributed by atoms with Gasteiger partial charge in [-0.1, -0.05) is 0 Å². The van der Waals surface area contributed by atoms with Crippen molar-refractivity contribution in [3.8, 4) is 0 Å². The van der Waals surface area contributed by atoms with Crippen LogP contribution in [0.15, 0.2) is 18.6 Å². The standard InChI is InChI=1S/C9H12ClN3O/c10-5-8-6-13(3-4-14-8)9-1-2-11-7-12-9/h1-2,7-8H,3-6H2. The van der Waals surface area contributed by atoms with E-state index in [1.165, 1.54) is 0 Å². The third-order valence-corrected chi connectivity index (χ3v) is 2.55. The Morgan fingerprint density at radius 1 is 1.64 bits per heavy atom. The summed E-state index contributed by atoms with van der Waals surface area (Å²) in [4.78, 5) is 10.2. The Morgan fingerprint density at radius 3 is 3.29 bits per heavy atom. The van der Waals surface area contributed by atoms with Crippen LogP contribution in [0.25, 0.3) is 0 Å². The fraction of sp³-hybridized carbons (Fsp3) is 0.556. The van der Waals surface area contributed by atoms with Gasteiger partial charge >= 0.3 is 0 Å². The van der Waals surface area contributed by atoms with Gasteiger partial charge in [-0.15, -0.1) is 11.6 Å². The maximum Gasteiger partial charge on any atom is 0.132 e. The van der Waals surface area contributed by atoms with E-state index in [0.717, 1.165) is 18.9 Å². The number of nitrogens with zero attached hydrogens (tertiary/aromatic N) is 3. The topological polar surface area (TPSA) is 38.2 Å². The molecule has 0 N–H and O–H groups in total. The molecule has 1 aliphatic rings. The third kappa shape index (κ3) is 2.13. The predicted octanol–water partition coefficient (Wildman–Crippen LogP) is 0.921. The number of anilines is 1. The van der Waals surface area contributed by atoms with Crippen molar-refractivity contribution in [3.05, 3.63) is 18.6 Å². The van der Waals surface area contributed by atoms with Crippen LogP contribution < -0.4 is 4.90 Å². The summed E-state index contributed by atoms with van der Waals surface area (Å²) in [6, 6.07) is 1.90. The molecule has 2 rings (SSSR count). The van der Waals surface area contributed by atoms with Crippen LogP contribution in [-0.2, 0) is 4.74 Å². The summed E-state index contributed by atoms with van der Waals surface area (Å²) in [5, 5.41) is 0. The Labute approximate surface area is 87.9 Å². The number of hydrogen-bond acceptors (Lipinski definition) is 4. The smallest absolute Gasteiger partial charge is 0.132 e. The molecular weight excluding hydrogens is 202 g/mol. The number of morpholine rings is 1. The molecule has 76 valence electrons. The van der Waals surface area contributed by atoms with E-state index in [2.05, 4.69) is 14.9 Å². The number of rotatable bonds is 2. The molecule has 0 aliphatic carbocycles. The van der Waals surface area contributed by atoms with E-state index in [1.54, 1.807) is 12.5 Å². The zero-order chi connectivity index (χ0) is 9.80.